The Morgan fingerprint density at radius 2 is 1.72 bits per heavy atom. The second-order valence-corrected chi connectivity index (χ2v) is 6.60. The van der Waals surface area contributed by atoms with Gasteiger partial charge < -0.3 is 8.98 Å². The fraction of sp³-hybridized carbons (Fsp3) is 0.0952. The Labute approximate surface area is 148 Å². The quantitative estimate of drug-likeness (QED) is 0.363. The lowest BCUT2D eigenvalue weighted by Gasteiger charge is -2.05. The summed E-state index contributed by atoms with van der Waals surface area (Å²) in [7, 11) is 0. The molecule has 0 spiro atoms. The fourth-order valence-corrected chi connectivity index (χ4v) is 3.97. The summed E-state index contributed by atoms with van der Waals surface area (Å²) in [6.45, 7) is 2.94. The molecule has 0 bridgehead atoms. The standard InChI is InChI=1S/C21H14ClNO2/c1-2-23-15-6-4-3-5-13(15)19-16(23)8-10-18-20(19)21(24)14-11-12(22)7-9-17(14)25-18/h3-11H,2H2,1H3. The molecule has 0 aliphatic heterocycles. The largest absolute Gasteiger partial charge is 0.456 e. The molecule has 0 radical (unpaired) electrons. The minimum absolute atomic E-state index is 0.0386. The number of benzene rings is 3. The van der Waals surface area contributed by atoms with Crippen LogP contribution in [0.1, 0.15) is 6.92 Å². The van der Waals surface area contributed by atoms with Gasteiger partial charge in [0.05, 0.1) is 16.3 Å². The summed E-state index contributed by atoms with van der Waals surface area (Å²) in [5, 5.41) is 3.68. The Balaban J connectivity index is 2.13. The van der Waals surface area contributed by atoms with Gasteiger partial charge in [0.25, 0.3) is 0 Å². The highest BCUT2D eigenvalue weighted by atomic mass is 35.5. The molecular weight excluding hydrogens is 334 g/mol. The van der Waals surface area contributed by atoms with Crippen molar-refractivity contribution in [2.45, 2.75) is 13.5 Å². The number of nitrogens with zero attached hydrogens (tertiary/aromatic N) is 1. The Morgan fingerprint density at radius 3 is 2.56 bits per heavy atom. The Kier molecular flexibility index (Phi) is 2.97. The number of aryl methyl sites for hydroxylation is 1. The van der Waals surface area contributed by atoms with E-state index >= 15 is 0 Å². The Bertz CT molecular complexity index is 1360. The first kappa shape index (κ1) is 14.6. The normalized spacial score (nSPS) is 11.9. The molecule has 2 heterocycles. The fourth-order valence-electron chi connectivity index (χ4n) is 3.79. The van der Waals surface area contributed by atoms with Crippen LogP contribution in [0.5, 0.6) is 0 Å². The van der Waals surface area contributed by atoms with Crippen molar-refractivity contribution in [3.05, 3.63) is 69.8 Å². The van der Waals surface area contributed by atoms with Gasteiger partial charge in [0.2, 0.25) is 5.43 Å². The van der Waals surface area contributed by atoms with E-state index in [1.807, 2.05) is 24.3 Å². The molecule has 0 saturated heterocycles. The summed E-state index contributed by atoms with van der Waals surface area (Å²) in [5.41, 5.74) is 3.29. The van der Waals surface area contributed by atoms with E-state index in [-0.39, 0.29) is 5.43 Å². The van der Waals surface area contributed by atoms with E-state index < -0.39 is 0 Å². The topological polar surface area (TPSA) is 35.1 Å². The molecule has 3 nitrogen and oxygen atoms in total. The molecule has 122 valence electrons. The molecule has 0 atom stereocenters. The molecule has 0 aliphatic carbocycles. The van der Waals surface area contributed by atoms with Crippen molar-refractivity contribution >= 4 is 55.3 Å². The van der Waals surface area contributed by atoms with Gasteiger partial charge in [0, 0.05) is 27.9 Å². The first-order valence-electron chi connectivity index (χ1n) is 8.25. The van der Waals surface area contributed by atoms with Crippen molar-refractivity contribution in [3.8, 4) is 0 Å². The number of halogens is 1. The minimum Gasteiger partial charge on any atom is -0.456 e. The van der Waals surface area contributed by atoms with Crippen LogP contribution < -0.4 is 5.43 Å². The van der Waals surface area contributed by atoms with Crippen LogP contribution in [0.4, 0.5) is 0 Å². The molecule has 5 aromatic rings. The summed E-state index contributed by atoms with van der Waals surface area (Å²) in [4.78, 5) is 13.3. The summed E-state index contributed by atoms with van der Waals surface area (Å²) in [6.07, 6.45) is 0. The average Bonchev–Trinajstić information content (AvgIpc) is 2.96. The molecule has 0 amide bonds. The van der Waals surface area contributed by atoms with Crippen LogP contribution in [0.2, 0.25) is 5.02 Å². The molecular formula is C21H14ClNO2. The first-order chi connectivity index (χ1) is 12.2. The zero-order valence-electron chi connectivity index (χ0n) is 13.5. The van der Waals surface area contributed by atoms with E-state index in [4.69, 9.17) is 16.0 Å². The molecule has 0 saturated carbocycles. The predicted molar refractivity (Wildman–Crippen MR) is 104 cm³/mol. The molecule has 2 aromatic heterocycles. The van der Waals surface area contributed by atoms with Gasteiger partial charge in [-0.3, -0.25) is 4.79 Å². The second-order valence-electron chi connectivity index (χ2n) is 6.17. The lowest BCUT2D eigenvalue weighted by Crippen LogP contribution is -2.03. The van der Waals surface area contributed by atoms with Crippen molar-refractivity contribution in [2.75, 3.05) is 0 Å². The number of fused-ring (bicyclic) bond motifs is 6. The molecule has 0 unspecified atom stereocenters. The number of hydrogen-bond acceptors (Lipinski definition) is 2. The third-order valence-electron chi connectivity index (χ3n) is 4.85. The van der Waals surface area contributed by atoms with Crippen LogP contribution in [-0.2, 0) is 6.54 Å². The predicted octanol–water partition coefficient (Wildman–Crippen LogP) is 5.73. The third kappa shape index (κ3) is 1.90. The van der Waals surface area contributed by atoms with Crippen molar-refractivity contribution < 1.29 is 4.42 Å². The Morgan fingerprint density at radius 1 is 0.920 bits per heavy atom. The highest BCUT2D eigenvalue weighted by molar-refractivity contribution is 6.31. The number of hydrogen-bond donors (Lipinski definition) is 0. The van der Waals surface area contributed by atoms with Gasteiger partial charge >= 0.3 is 0 Å². The Hall–Kier alpha value is -2.78. The van der Waals surface area contributed by atoms with E-state index in [9.17, 15) is 4.79 Å². The maximum atomic E-state index is 13.3. The lowest BCUT2D eigenvalue weighted by molar-refractivity contribution is 0.660. The average molecular weight is 348 g/mol. The van der Waals surface area contributed by atoms with Gasteiger partial charge in [-0.05, 0) is 43.3 Å². The number of para-hydroxylation sites is 1. The van der Waals surface area contributed by atoms with E-state index in [0.717, 1.165) is 28.4 Å². The zero-order valence-corrected chi connectivity index (χ0v) is 14.3. The van der Waals surface area contributed by atoms with Crippen molar-refractivity contribution in [1.82, 2.24) is 4.57 Å². The molecule has 0 aliphatic rings. The molecule has 4 heteroatoms. The van der Waals surface area contributed by atoms with Crippen LogP contribution in [0.3, 0.4) is 0 Å². The molecule has 5 rings (SSSR count). The van der Waals surface area contributed by atoms with Gasteiger partial charge in [-0.25, -0.2) is 0 Å². The van der Waals surface area contributed by atoms with Crippen molar-refractivity contribution in [2.24, 2.45) is 0 Å². The summed E-state index contributed by atoms with van der Waals surface area (Å²) < 4.78 is 8.24. The van der Waals surface area contributed by atoms with Crippen molar-refractivity contribution in [1.29, 1.82) is 0 Å². The maximum Gasteiger partial charge on any atom is 0.201 e. The SMILES string of the molecule is CCn1c2ccccc2c2c3c(=O)c4cc(Cl)ccc4oc3ccc21. The van der Waals surface area contributed by atoms with E-state index in [0.29, 0.717) is 27.0 Å². The smallest absolute Gasteiger partial charge is 0.201 e. The van der Waals surface area contributed by atoms with E-state index in [2.05, 4.69) is 23.6 Å². The second kappa shape index (κ2) is 5.11. The number of rotatable bonds is 1. The lowest BCUT2D eigenvalue weighted by atomic mass is 10.1. The minimum atomic E-state index is -0.0386. The van der Waals surface area contributed by atoms with Gasteiger partial charge in [-0.2, -0.15) is 0 Å². The maximum absolute atomic E-state index is 13.3. The summed E-state index contributed by atoms with van der Waals surface area (Å²) in [5.74, 6) is 0. The van der Waals surface area contributed by atoms with Gasteiger partial charge in [0.15, 0.2) is 0 Å². The van der Waals surface area contributed by atoms with Gasteiger partial charge in [0.1, 0.15) is 11.2 Å². The van der Waals surface area contributed by atoms with Crippen LogP contribution in [0, 0.1) is 0 Å². The van der Waals surface area contributed by atoms with E-state index in [1.165, 1.54) is 0 Å². The molecule has 25 heavy (non-hydrogen) atoms. The number of aromatic nitrogens is 1. The highest BCUT2D eigenvalue weighted by Crippen LogP contribution is 2.34. The van der Waals surface area contributed by atoms with Crippen LogP contribution in [-0.4, -0.2) is 4.57 Å². The first-order valence-corrected chi connectivity index (χ1v) is 8.63. The highest BCUT2D eigenvalue weighted by Gasteiger charge is 2.17. The third-order valence-corrected chi connectivity index (χ3v) is 5.08. The van der Waals surface area contributed by atoms with Gasteiger partial charge in [-0.15, -0.1) is 0 Å². The molecule has 3 aromatic carbocycles. The van der Waals surface area contributed by atoms with Crippen LogP contribution in [0.25, 0.3) is 43.7 Å². The molecule has 0 fully saturated rings. The van der Waals surface area contributed by atoms with Gasteiger partial charge in [-0.1, -0.05) is 29.8 Å². The summed E-state index contributed by atoms with van der Waals surface area (Å²) >= 11 is 6.10. The van der Waals surface area contributed by atoms with Crippen molar-refractivity contribution in [3.63, 3.8) is 0 Å². The zero-order chi connectivity index (χ0) is 17.1. The summed E-state index contributed by atoms with van der Waals surface area (Å²) in [6, 6.07) is 17.3. The molecule has 0 N–H and O–H groups in total. The van der Waals surface area contributed by atoms with Crippen LogP contribution in [0.15, 0.2) is 63.8 Å². The van der Waals surface area contributed by atoms with Crippen LogP contribution >= 0.6 is 11.6 Å². The van der Waals surface area contributed by atoms with E-state index in [1.54, 1.807) is 18.2 Å². The monoisotopic (exact) mass is 347 g/mol.